The second-order valence-electron chi connectivity index (χ2n) is 9.51. The Morgan fingerprint density at radius 2 is 1.78 bits per heavy atom. The van der Waals surface area contributed by atoms with Crippen molar-refractivity contribution in [2.45, 2.75) is 50.8 Å². The van der Waals surface area contributed by atoms with Crippen LogP contribution in [0, 0.1) is 6.92 Å². The minimum Gasteiger partial charge on any atom is -0.490 e. The summed E-state index contributed by atoms with van der Waals surface area (Å²) in [4.78, 5) is 11.6. The number of rotatable bonds is 6. The third-order valence-corrected chi connectivity index (χ3v) is 7.36. The quantitative estimate of drug-likeness (QED) is 0.328. The molecule has 0 spiro atoms. The molecule has 6 rings (SSSR count). The number of ether oxygens (including phenoxy) is 1. The number of aryl methyl sites for hydroxylation is 1. The van der Waals surface area contributed by atoms with E-state index in [0.717, 1.165) is 47.0 Å². The highest BCUT2D eigenvalue weighted by atomic mass is 32.1. The molecule has 0 unspecified atom stereocenters. The predicted octanol–water partition coefficient (Wildman–Crippen LogP) is 6.07. The Kier molecular flexibility index (Phi) is 6.15. The summed E-state index contributed by atoms with van der Waals surface area (Å²) in [6, 6.07) is 22.4. The lowest BCUT2D eigenvalue weighted by molar-refractivity contribution is 0.210. The van der Waals surface area contributed by atoms with Crippen LogP contribution in [-0.2, 0) is 0 Å². The molecule has 1 saturated heterocycles. The highest BCUT2D eigenvalue weighted by molar-refractivity contribution is 7.80. The van der Waals surface area contributed by atoms with Crippen LogP contribution in [0.3, 0.4) is 0 Å². The second kappa shape index (κ2) is 9.74. The minimum atomic E-state index is -0.118. The van der Waals surface area contributed by atoms with Crippen molar-refractivity contribution in [2.24, 2.45) is 0 Å². The monoisotopic (exact) mass is 495 g/mol. The van der Waals surface area contributed by atoms with Crippen LogP contribution in [-0.4, -0.2) is 25.8 Å². The van der Waals surface area contributed by atoms with Gasteiger partial charge in [-0.15, -0.1) is 0 Å². The van der Waals surface area contributed by atoms with Crippen LogP contribution >= 0.6 is 12.2 Å². The summed E-state index contributed by atoms with van der Waals surface area (Å²) >= 11 is 5.91. The fourth-order valence-electron chi connectivity index (χ4n) is 5.26. The third kappa shape index (κ3) is 4.35. The standard InChI is InChI=1S/C29H29N5OS/c1-20-11-16-26(31-19-20)33-18-6-10-25(33)28-27(24-9-4-5-17-30-24)32-29(36)34(28)21-12-14-23(15-13-21)35-22-7-2-3-8-22/h4-6,9-19,22,27-28H,2-3,7-8H2,1H3,(H,32,36)/t27-,28+/m0/s1. The van der Waals surface area contributed by atoms with E-state index in [1.807, 2.05) is 37.5 Å². The van der Waals surface area contributed by atoms with Crippen LogP contribution in [0.15, 0.2) is 85.3 Å². The summed E-state index contributed by atoms with van der Waals surface area (Å²) in [7, 11) is 0. The van der Waals surface area contributed by atoms with Crippen LogP contribution in [0.25, 0.3) is 5.82 Å². The van der Waals surface area contributed by atoms with E-state index in [1.54, 1.807) is 0 Å². The molecule has 6 nitrogen and oxygen atoms in total. The minimum absolute atomic E-state index is 0.118. The first-order chi connectivity index (χ1) is 17.7. The molecule has 36 heavy (non-hydrogen) atoms. The Morgan fingerprint density at radius 3 is 2.50 bits per heavy atom. The topological polar surface area (TPSA) is 55.2 Å². The lowest BCUT2D eigenvalue weighted by atomic mass is 10.0. The maximum Gasteiger partial charge on any atom is 0.174 e. The molecular formula is C29H29N5OS. The van der Waals surface area contributed by atoms with Crippen molar-refractivity contribution in [1.82, 2.24) is 19.9 Å². The average Bonchev–Trinajstić information content (AvgIpc) is 3.66. The van der Waals surface area contributed by atoms with Gasteiger partial charge in [-0.1, -0.05) is 12.1 Å². The molecule has 4 heterocycles. The molecule has 182 valence electrons. The lowest BCUT2D eigenvalue weighted by Crippen LogP contribution is -2.30. The van der Waals surface area contributed by atoms with Crippen molar-refractivity contribution in [3.8, 4) is 11.6 Å². The number of aromatic nitrogens is 3. The third-order valence-electron chi connectivity index (χ3n) is 7.04. The van der Waals surface area contributed by atoms with Gasteiger partial charge in [-0.25, -0.2) is 4.98 Å². The first-order valence-electron chi connectivity index (χ1n) is 12.5. The molecule has 2 aliphatic rings. The highest BCUT2D eigenvalue weighted by Gasteiger charge is 2.42. The summed E-state index contributed by atoms with van der Waals surface area (Å²) in [6.45, 7) is 2.05. The SMILES string of the molecule is Cc1ccc(-n2cccc2[C@@H]2[C@H](c3ccccn3)NC(=S)N2c2ccc(OC3CCCC3)cc2)nc1. The summed E-state index contributed by atoms with van der Waals surface area (Å²) < 4.78 is 8.35. The summed E-state index contributed by atoms with van der Waals surface area (Å²) in [6.07, 6.45) is 10.9. The number of nitrogens with zero attached hydrogens (tertiary/aromatic N) is 4. The molecule has 4 aromatic rings. The van der Waals surface area contributed by atoms with Crippen LogP contribution in [0.4, 0.5) is 5.69 Å². The highest BCUT2D eigenvalue weighted by Crippen LogP contribution is 2.42. The number of thiocarbonyl (C=S) groups is 1. The Hall–Kier alpha value is -3.71. The smallest absolute Gasteiger partial charge is 0.174 e. The van der Waals surface area contributed by atoms with E-state index in [9.17, 15) is 0 Å². The van der Waals surface area contributed by atoms with Gasteiger partial charge in [-0.2, -0.15) is 0 Å². The molecule has 1 N–H and O–H groups in total. The maximum atomic E-state index is 6.21. The van der Waals surface area contributed by atoms with Gasteiger partial charge in [0, 0.05) is 30.0 Å². The largest absolute Gasteiger partial charge is 0.490 e. The van der Waals surface area contributed by atoms with Crippen LogP contribution in [0.5, 0.6) is 5.75 Å². The molecule has 0 radical (unpaired) electrons. The second-order valence-corrected chi connectivity index (χ2v) is 9.90. The molecule has 2 fully saturated rings. The fourth-order valence-corrected chi connectivity index (χ4v) is 5.61. The van der Waals surface area contributed by atoms with Gasteiger partial charge in [0.05, 0.1) is 17.8 Å². The van der Waals surface area contributed by atoms with Crippen molar-refractivity contribution >= 4 is 23.0 Å². The van der Waals surface area contributed by atoms with E-state index in [0.29, 0.717) is 11.2 Å². The van der Waals surface area contributed by atoms with Crippen LogP contribution in [0.1, 0.15) is 54.7 Å². The van der Waals surface area contributed by atoms with E-state index in [1.165, 1.54) is 12.8 Å². The fraction of sp³-hybridized carbons (Fsp3) is 0.276. The van der Waals surface area contributed by atoms with Crippen molar-refractivity contribution in [2.75, 3.05) is 4.90 Å². The van der Waals surface area contributed by atoms with Gasteiger partial charge >= 0.3 is 0 Å². The summed E-state index contributed by atoms with van der Waals surface area (Å²) in [5.41, 5.74) is 4.17. The van der Waals surface area contributed by atoms with E-state index in [4.69, 9.17) is 17.0 Å². The number of anilines is 1. The first kappa shape index (κ1) is 22.7. The molecule has 1 aromatic carbocycles. The molecule has 2 atom stereocenters. The number of nitrogens with one attached hydrogen (secondary N) is 1. The number of hydrogen-bond donors (Lipinski definition) is 1. The Balaban J connectivity index is 1.39. The molecule has 1 aliphatic carbocycles. The molecule has 7 heteroatoms. The van der Waals surface area contributed by atoms with Gasteiger partial charge in [-0.05, 0) is 105 Å². The van der Waals surface area contributed by atoms with Gasteiger partial charge in [-0.3, -0.25) is 4.98 Å². The number of pyridine rings is 2. The Labute approximate surface area is 217 Å². The molecule has 3 aromatic heterocycles. The number of benzene rings is 1. The van der Waals surface area contributed by atoms with Gasteiger partial charge in [0.25, 0.3) is 0 Å². The molecule has 1 saturated carbocycles. The van der Waals surface area contributed by atoms with Crippen molar-refractivity contribution < 1.29 is 4.74 Å². The molecule has 0 amide bonds. The van der Waals surface area contributed by atoms with Crippen LogP contribution in [0.2, 0.25) is 0 Å². The zero-order valence-electron chi connectivity index (χ0n) is 20.2. The molecular weight excluding hydrogens is 466 g/mol. The van der Waals surface area contributed by atoms with E-state index in [-0.39, 0.29) is 12.1 Å². The van der Waals surface area contributed by atoms with E-state index < -0.39 is 0 Å². The lowest BCUT2D eigenvalue weighted by Gasteiger charge is -2.29. The normalized spacial score (nSPS) is 20.0. The molecule has 1 aliphatic heterocycles. The Bertz CT molecular complexity index is 1330. The number of hydrogen-bond acceptors (Lipinski definition) is 4. The first-order valence-corrected chi connectivity index (χ1v) is 13.0. The summed E-state index contributed by atoms with van der Waals surface area (Å²) in [5.74, 6) is 1.78. The van der Waals surface area contributed by atoms with E-state index in [2.05, 4.69) is 79.5 Å². The van der Waals surface area contributed by atoms with E-state index >= 15 is 0 Å². The Morgan fingerprint density at radius 1 is 0.944 bits per heavy atom. The van der Waals surface area contributed by atoms with Gasteiger partial charge < -0.3 is 19.5 Å². The van der Waals surface area contributed by atoms with Crippen molar-refractivity contribution in [1.29, 1.82) is 0 Å². The van der Waals surface area contributed by atoms with Gasteiger partial charge in [0.15, 0.2) is 5.11 Å². The summed E-state index contributed by atoms with van der Waals surface area (Å²) in [5, 5.41) is 4.22. The van der Waals surface area contributed by atoms with Crippen molar-refractivity contribution in [3.05, 3.63) is 102 Å². The van der Waals surface area contributed by atoms with Crippen molar-refractivity contribution in [3.63, 3.8) is 0 Å². The van der Waals surface area contributed by atoms with Crippen LogP contribution < -0.4 is 15.0 Å². The van der Waals surface area contributed by atoms with Gasteiger partial charge in [0.1, 0.15) is 17.6 Å². The maximum absolute atomic E-state index is 6.21. The zero-order valence-corrected chi connectivity index (χ0v) is 21.1. The predicted molar refractivity (Wildman–Crippen MR) is 146 cm³/mol. The molecule has 0 bridgehead atoms. The zero-order chi connectivity index (χ0) is 24.5. The average molecular weight is 496 g/mol. The van der Waals surface area contributed by atoms with Gasteiger partial charge in [0.2, 0.25) is 0 Å².